The summed E-state index contributed by atoms with van der Waals surface area (Å²) >= 11 is 5.99. The molecule has 0 saturated heterocycles. The number of halogens is 1. The number of aliphatic imine (C=N–C) groups is 1. The zero-order valence-corrected chi connectivity index (χ0v) is 22.6. The van der Waals surface area contributed by atoms with Crippen LogP contribution in [0.15, 0.2) is 34.4 Å². The van der Waals surface area contributed by atoms with E-state index in [-0.39, 0.29) is 24.2 Å². The lowest BCUT2D eigenvalue weighted by Crippen LogP contribution is -2.56. The molecule has 0 aromatic heterocycles. The number of nitrogens with one attached hydrogen (secondary N) is 4. The summed E-state index contributed by atoms with van der Waals surface area (Å²) in [7, 11) is 0. The van der Waals surface area contributed by atoms with Crippen LogP contribution in [0.1, 0.15) is 45.6 Å². The van der Waals surface area contributed by atoms with Crippen molar-refractivity contribution in [2.24, 2.45) is 33.2 Å². The van der Waals surface area contributed by atoms with Crippen molar-refractivity contribution < 1.29 is 19.2 Å². The summed E-state index contributed by atoms with van der Waals surface area (Å²) in [6.45, 7) is 5.48. The van der Waals surface area contributed by atoms with E-state index in [4.69, 9.17) is 28.8 Å². The Morgan fingerprint density at radius 1 is 0.974 bits per heavy atom. The topological polar surface area (TPSA) is 219 Å². The van der Waals surface area contributed by atoms with E-state index in [1.807, 2.05) is 13.8 Å². The van der Waals surface area contributed by atoms with E-state index >= 15 is 0 Å². The average Bonchev–Trinajstić information content (AvgIpc) is 2.81. The number of nitrogens with zero attached hydrogens (tertiary/aromatic N) is 2. The second-order valence-corrected chi connectivity index (χ2v) is 9.53. The van der Waals surface area contributed by atoms with E-state index in [2.05, 4.69) is 31.5 Å². The van der Waals surface area contributed by atoms with Crippen LogP contribution in [0.4, 0.5) is 4.79 Å². The number of hydrogen-bond acceptors (Lipinski definition) is 6. The highest BCUT2D eigenvalue weighted by molar-refractivity contribution is 6.30. The molecule has 38 heavy (non-hydrogen) atoms. The molecule has 0 unspecified atom stereocenters. The van der Waals surface area contributed by atoms with Gasteiger partial charge in [0.1, 0.15) is 12.1 Å². The molecule has 13 nitrogen and oxygen atoms in total. The van der Waals surface area contributed by atoms with Crippen molar-refractivity contribution in [1.29, 1.82) is 0 Å². The number of primary amides is 1. The minimum atomic E-state index is -0.996. The van der Waals surface area contributed by atoms with Gasteiger partial charge in [0.15, 0.2) is 5.96 Å². The predicted molar refractivity (Wildman–Crippen MR) is 147 cm³/mol. The number of nitrogens with two attached hydrogens (primary N) is 3. The summed E-state index contributed by atoms with van der Waals surface area (Å²) in [6.07, 6.45) is 2.72. The molecule has 210 valence electrons. The molecule has 0 spiro atoms. The molecule has 1 aromatic carbocycles. The van der Waals surface area contributed by atoms with Crippen molar-refractivity contribution in [1.82, 2.24) is 21.4 Å². The van der Waals surface area contributed by atoms with Gasteiger partial charge in [0.25, 0.3) is 0 Å². The molecule has 0 saturated carbocycles. The van der Waals surface area contributed by atoms with Crippen LogP contribution in [-0.2, 0) is 20.8 Å². The fraction of sp³-hybridized carbons (Fsp3) is 0.500. The molecule has 0 fully saturated rings. The van der Waals surface area contributed by atoms with Gasteiger partial charge < -0.3 is 33.2 Å². The minimum absolute atomic E-state index is 0.0597. The summed E-state index contributed by atoms with van der Waals surface area (Å²) in [4.78, 5) is 53.1. The number of hydrazone groups is 1. The largest absolute Gasteiger partial charge is 0.370 e. The normalized spacial score (nSPS) is 13.3. The van der Waals surface area contributed by atoms with Gasteiger partial charge in [-0.15, -0.1) is 0 Å². The molecule has 14 heteroatoms. The van der Waals surface area contributed by atoms with Gasteiger partial charge in [-0.2, -0.15) is 5.10 Å². The van der Waals surface area contributed by atoms with Crippen LogP contribution in [0.2, 0.25) is 5.02 Å². The molecule has 0 aliphatic rings. The van der Waals surface area contributed by atoms with Gasteiger partial charge in [-0.25, -0.2) is 10.2 Å². The standard InChI is InChI=1S/C24H38ClN9O4/c1-14(2)11-19(31-15(3)35)22(37)33-20(12-16-6-8-17(25)9-7-16)21(36)32-18(13-30-34-24(28)38)5-4-10-29-23(26)27/h6-9,13-14,18-20H,4-5,10-12H2,1-3H3,(H,31,35)(H,32,36)(H,33,37)(H4,26,27,29)(H3,28,34,38)/b30-13+/t18-,19-,20-/m0/s1/i13+1. The lowest BCUT2D eigenvalue weighted by Gasteiger charge is -2.25. The van der Waals surface area contributed by atoms with E-state index in [0.717, 1.165) is 5.56 Å². The number of carbonyl (C=O) groups is 4. The highest BCUT2D eigenvalue weighted by Gasteiger charge is 2.28. The first kappa shape index (κ1) is 32.2. The molecule has 3 atom stereocenters. The molecular formula is C24H38ClN9O4. The zero-order chi connectivity index (χ0) is 28.7. The quantitative estimate of drug-likeness (QED) is 0.0525. The maximum atomic E-state index is 13.4. The second-order valence-electron chi connectivity index (χ2n) is 9.09. The van der Waals surface area contributed by atoms with Crippen molar-refractivity contribution >= 4 is 47.5 Å². The highest BCUT2D eigenvalue weighted by Crippen LogP contribution is 2.12. The molecular weight excluding hydrogens is 515 g/mol. The van der Waals surface area contributed by atoms with E-state index in [9.17, 15) is 19.2 Å². The van der Waals surface area contributed by atoms with Crippen molar-refractivity contribution in [2.45, 2.75) is 64.6 Å². The maximum Gasteiger partial charge on any atom is 0.332 e. The molecule has 1 aromatic rings. The fourth-order valence-corrected chi connectivity index (χ4v) is 3.59. The third kappa shape index (κ3) is 14.0. The van der Waals surface area contributed by atoms with Crippen molar-refractivity contribution in [3.63, 3.8) is 0 Å². The van der Waals surface area contributed by atoms with Crippen LogP contribution < -0.4 is 38.6 Å². The van der Waals surface area contributed by atoms with Gasteiger partial charge in [-0.1, -0.05) is 37.6 Å². The smallest absolute Gasteiger partial charge is 0.332 e. The average molecular weight is 553 g/mol. The van der Waals surface area contributed by atoms with Crippen molar-refractivity contribution in [3.8, 4) is 0 Å². The number of urea groups is 1. The first-order valence-corrected chi connectivity index (χ1v) is 12.5. The second kappa shape index (κ2) is 16.8. The Kier molecular flexibility index (Phi) is 14.2. The van der Waals surface area contributed by atoms with Crippen molar-refractivity contribution in [3.05, 3.63) is 34.9 Å². The first-order valence-electron chi connectivity index (χ1n) is 12.1. The molecule has 0 aliphatic carbocycles. The Morgan fingerprint density at radius 2 is 1.61 bits per heavy atom. The van der Waals surface area contributed by atoms with Crippen LogP contribution in [0, 0.1) is 5.92 Å². The number of carbonyl (C=O) groups excluding carboxylic acids is 4. The summed E-state index contributed by atoms with van der Waals surface area (Å²) in [6, 6.07) is 3.54. The summed E-state index contributed by atoms with van der Waals surface area (Å²) < 4.78 is 0. The Morgan fingerprint density at radius 3 is 2.16 bits per heavy atom. The van der Waals surface area contributed by atoms with Gasteiger partial charge in [0, 0.05) is 31.1 Å². The van der Waals surface area contributed by atoms with Crippen LogP contribution in [0.3, 0.4) is 0 Å². The van der Waals surface area contributed by atoms with Gasteiger partial charge in [0.2, 0.25) is 17.7 Å². The third-order valence-corrected chi connectivity index (χ3v) is 5.36. The Hall–Kier alpha value is -3.87. The van der Waals surface area contributed by atoms with Gasteiger partial charge in [-0.05, 0) is 42.9 Å². The molecule has 0 aliphatic heterocycles. The van der Waals surface area contributed by atoms with Gasteiger partial charge in [0.05, 0.1) is 6.04 Å². The monoisotopic (exact) mass is 552 g/mol. The van der Waals surface area contributed by atoms with Gasteiger partial charge in [-0.3, -0.25) is 19.4 Å². The van der Waals surface area contributed by atoms with Crippen LogP contribution in [0.25, 0.3) is 0 Å². The maximum absolute atomic E-state index is 13.4. The number of benzene rings is 1. The summed E-state index contributed by atoms with van der Waals surface area (Å²) in [5.41, 5.74) is 18.6. The Bertz CT molecular complexity index is 995. The van der Waals surface area contributed by atoms with E-state index in [1.165, 1.54) is 13.1 Å². The third-order valence-electron chi connectivity index (χ3n) is 5.11. The zero-order valence-electron chi connectivity index (χ0n) is 21.9. The molecule has 5 amide bonds. The van der Waals surface area contributed by atoms with E-state index < -0.39 is 36.0 Å². The van der Waals surface area contributed by atoms with Crippen molar-refractivity contribution in [2.75, 3.05) is 6.54 Å². The molecule has 0 radical (unpaired) electrons. The lowest BCUT2D eigenvalue weighted by atomic mass is 10.0. The Balaban J connectivity index is 3.14. The molecule has 0 bridgehead atoms. The molecule has 0 heterocycles. The van der Waals surface area contributed by atoms with Crippen LogP contribution in [-0.4, -0.2) is 60.6 Å². The number of amides is 5. The predicted octanol–water partition coefficient (Wildman–Crippen LogP) is 0.111. The van der Waals surface area contributed by atoms with E-state index in [0.29, 0.717) is 30.8 Å². The summed E-state index contributed by atoms with van der Waals surface area (Å²) in [5, 5.41) is 12.5. The highest BCUT2D eigenvalue weighted by atomic mass is 35.5. The summed E-state index contributed by atoms with van der Waals surface area (Å²) in [5.74, 6) is -1.29. The SMILES string of the molecule is CC(=O)N[C@@H](CC(C)C)C(=O)N[C@@H](Cc1ccc(Cl)cc1)C(=O)N[C@@H](CCCN=C(N)N)/[13CH]=N/NC(N)=O. The molecule has 10 N–H and O–H groups in total. The first-order chi connectivity index (χ1) is 17.9. The minimum Gasteiger partial charge on any atom is -0.370 e. The number of guanidine groups is 1. The number of hydrogen-bond donors (Lipinski definition) is 7. The van der Waals surface area contributed by atoms with Crippen LogP contribution in [0.5, 0.6) is 0 Å². The van der Waals surface area contributed by atoms with Crippen LogP contribution >= 0.6 is 11.6 Å². The fourth-order valence-electron chi connectivity index (χ4n) is 3.46. The lowest BCUT2D eigenvalue weighted by molar-refractivity contribution is -0.132. The van der Waals surface area contributed by atoms with Gasteiger partial charge >= 0.3 is 6.03 Å². The Labute approximate surface area is 227 Å². The number of rotatable bonds is 15. The molecule has 1 rings (SSSR count). The van der Waals surface area contributed by atoms with E-state index in [1.54, 1.807) is 24.3 Å².